The molecule has 5 nitrogen and oxygen atoms in total. The van der Waals surface area contributed by atoms with Crippen LogP contribution in [0.2, 0.25) is 0 Å². The molecular weight excluding hydrogens is 252 g/mol. The number of hydrogen-bond donors (Lipinski definition) is 3. The van der Waals surface area contributed by atoms with Gasteiger partial charge in [-0.05, 0) is 23.4 Å². The van der Waals surface area contributed by atoms with Gasteiger partial charge in [-0.3, -0.25) is 4.79 Å². The third-order valence-corrected chi connectivity index (χ3v) is 4.05. The molecule has 1 aliphatic heterocycles. The van der Waals surface area contributed by atoms with Crippen molar-refractivity contribution in [3.8, 4) is 0 Å². The second-order valence-electron chi connectivity index (χ2n) is 4.40. The molecule has 0 bridgehead atoms. The minimum Gasteiger partial charge on any atom is -0.394 e. The zero-order valence-electron chi connectivity index (χ0n) is 10.1. The molecule has 0 fully saturated rings. The number of amides is 1. The fourth-order valence-corrected chi connectivity index (χ4v) is 2.87. The monoisotopic (exact) mass is 270 g/mol. The van der Waals surface area contributed by atoms with E-state index < -0.39 is 6.10 Å². The Balaban J connectivity index is 1.77. The highest BCUT2D eigenvalue weighted by molar-refractivity contribution is 7.10. The molecule has 1 aromatic heterocycles. The van der Waals surface area contributed by atoms with Gasteiger partial charge in [0.05, 0.1) is 19.3 Å². The second-order valence-corrected chi connectivity index (χ2v) is 5.40. The molecule has 2 rings (SSSR count). The number of aliphatic hydroxyl groups excluding tert-OH is 2. The van der Waals surface area contributed by atoms with Crippen LogP contribution in [0.3, 0.4) is 0 Å². The van der Waals surface area contributed by atoms with Crippen molar-refractivity contribution in [2.24, 2.45) is 0 Å². The maximum atomic E-state index is 11.9. The molecule has 1 aliphatic rings. The summed E-state index contributed by atoms with van der Waals surface area (Å²) in [6, 6.07) is 2.07. The van der Waals surface area contributed by atoms with E-state index in [1.165, 1.54) is 10.4 Å². The number of carbonyl (C=O) groups is 1. The van der Waals surface area contributed by atoms with Crippen molar-refractivity contribution in [1.29, 1.82) is 0 Å². The average Bonchev–Trinajstić information content (AvgIpc) is 2.85. The zero-order chi connectivity index (χ0) is 13.0. The predicted molar refractivity (Wildman–Crippen MR) is 69.4 cm³/mol. The van der Waals surface area contributed by atoms with E-state index in [0.29, 0.717) is 6.54 Å². The molecule has 18 heavy (non-hydrogen) atoms. The van der Waals surface area contributed by atoms with Gasteiger partial charge in [-0.25, -0.2) is 0 Å². The molecule has 6 heteroatoms. The van der Waals surface area contributed by atoms with E-state index in [4.69, 9.17) is 10.2 Å². The predicted octanol–water partition coefficient (Wildman–Crippen LogP) is -0.424. The van der Waals surface area contributed by atoms with Crippen LogP contribution in [-0.2, 0) is 17.8 Å². The van der Waals surface area contributed by atoms with Gasteiger partial charge >= 0.3 is 0 Å². The van der Waals surface area contributed by atoms with E-state index in [0.717, 1.165) is 13.0 Å². The Morgan fingerprint density at radius 3 is 3.22 bits per heavy atom. The summed E-state index contributed by atoms with van der Waals surface area (Å²) in [5.41, 5.74) is 1.25. The quantitative estimate of drug-likeness (QED) is 0.679. The lowest BCUT2D eigenvalue weighted by molar-refractivity contribution is -0.131. The van der Waals surface area contributed by atoms with E-state index in [1.54, 1.807) is 11.3 Å². The smallest absolute Gasteiger partial charge is 0.236 e. The van der Waals surface area contributed by atoms with E-state index in [9.17, 15) is 4.79 Å². The molecule has 100 valence electrons. The van der Waals surface area contributed by atoms with Gasteiger partial charge in [0.2, 0.25) is 5.91 Å². The van der Waals surface area contributed by atoms with Gasteiger partial charge in [0.15, 0.2) is 0 Å². The fraction of sp³-hybridized carbons (Fsp3) is 0.583. The highest BCUT2D eigenvalue weighted by Crippen LogP contribution is 2.23. The molecule has 1 unspecified atom stereocenters. The fourth-order valence-electron chi connectivity index (χ4n) is 1.98. The molecule has 1 atom stereocenters. The SMILES string of the molecule is O=C(CNCC(O)CO)N1CCc2sccc2C1. The third kappa shape index (κ3) is 3.29. The highest BCUT2D eigenvalue weighted by atomic mass is 32.1. The largest absolute Gasteiger partial charge is 0.394 e. The molecule has 2 heterocycles. The number of thiophene rings is 1. The molecule has 3 N–H and O–H groups in total. The minimum atomic E-state index is -0.803. The summed E-state index contributed by atoms with van der Waals surface area (Å²) >= 11 is 1.75. The Hall–Kier alpha value is -0.950. The Bertz CT molecular complexity index is 408. The van der Waals surface area contributed by atoms with Gasteiger partial charge in [-0.2, -0.15) is 0 Å². The maximum absolute atomic E-state index is 11.9. The standard InChI is InChI=1S/C12H18N2O3S/c15-8-10(16)5-13-6-12(17)14-3-1-11-9(7-14)2-4-18-11/h2,4,10,13,15-16H,1,3,5-8H2. The molecule has 0 saturated carbocycles. The van der Waals surface area contributed by atoms with Crippen LogP contribution < -0.4 is 5.32 Å². The lowest BCUT2D eigenvalue weighted by Gasteiger charge is -2.27. The average molecular weight is 270 g/mol. The molecule has 1 amide bonds. The molecule has 0 saturated heterocycles. The van der Waals surface area contributed by atoms with Crippen LogP contribution in [0.1, 0.15) is 10.4 Å². The highest BCUT2D eigenvalue weighted by Gasteiger charge is 2.20. The zero-order valence-corrected chi connectivity index (χ0v) is 10.9. The number of carbonyl (C=O) groups excluding carboxylic acids is 1. The number of fused-ring (bicyclic) bond motifs is 1. The maximum Gasteiger partial charge on any atom is 0.236 e. The van der Waals surface area contributed by atoms with Crippen molar-refractivity contribution < 1.29 is 15.0 Å². The second kappa shape index (κ2) is 6.29. The number of rotatable bonds is 5. The molecular formula is C12H18N2O3S. The van der Waals surface area contributed by atoms with Crippen molar-refractivity contribution in [1.82, 2.24) is 10.2 Å². The molecule has 0 aliphatic carbocycles. The van der Waals surface area contributed by atoms with Crippen LogP contribution in [0, 0.1) is 0 Å². The van der Waals surface area contributed by atoms with E-state index in [1.807, 2.05) is 4.90 Å². The minimum absolute atomic E-state index is 0.0389. The first-order chi connectivity index (χ1) is 8.70. The molecule has 0 radical (unpaired) electrons. The van der Waals surface area contributed by atoms with Gasteiger partial charge in [0, 0.05) is 24.5 Å². The summed E-state index contributed by atoms with van der Waals surface area (Å²) in [7, 11) is 0. The van der Waals surface area contributed by atoms with Gasteiger partial charge in [-0.15, -0.1) is 11.3 Å². The lowest BCUT2D eigenvalue weighted by atomic mass is 10.1. The van der Waals surface area contributed by atoms with Crippen LogP contribution in [0.4, 0.5) is 0 Å². The lowest BCUT2D eigenvalue weighted by Crippen LogP contribution is -2.42. The summed E-state index contributed by atoms with van der Waals surface area (Å²) in [5.74, 6) is 0.0389. The van der Waals surface area contributed by atoms with Crippen molar-refractivity contribution in [2.75, 3.05) is 26.2 Å². The van der Waals surface area contributed by atoms with Crippen LogP contribution in [0.25, 0.3) is 0 Å². The summed E-state index contributed by atoms with van der Waals surface area (Å²) in [4.78, 5) is 15.1. The van der Waals surface area contributed by atoms with Gasteiger partial charge in [0.1, 0.15) is 0 Å². The van der Waals surface area contributed by atoms with E-state index in [2.05, 4.69) is 16.8 Å². The first-order valence-corrected chi connectivity index (χ1v) is 6.91. The Morgan fingerprint density at radius 1 is 1.61 bits per heavy atom. The molecule has 1 aromatic rings. The van der Waals surface area contributed by atoms with Crippen molar-refractivity contribution in [2.45, 2.75) is 19.1 Å². The third-order valence-electron chi connectivity index (χ3n) is 3.03. The Morgan fingerprint density at radius 2 is 2.44 bits per heavy atom. The van der Waals surface area contributed by atoms with Gasteiger partial charge in [-0.1, -0.05) is 0 Å². The van der Waals surface area contributed by atoms with Crippen LogP contribution in [0.15, 0.2) is 11.4 Å². The van der Waals surface area contributed by atoms with Crippen LogP contribution in [-0.4, -0.2) is 53.4 Å². The normalized spacial score (nSPS) is 16.4. The number of hydrogen-bond acceptors (Lipinski definition) is 5. The van der Waals surface area contributed by atoms with Crippen molar-refractivity contribution >= 4 is 17.2 Å². The van der Waals surface area contributed by atoms with E-state index >= 15 is 0 Å². The summed E-state index contributed by atoms with van der Waals surface area (Å²) in [5, 5.41) is 22.7. The van der Waals surface area contributed by atoms with Gasteiger partial charge in [0.25, 0.3) is 0 Å². The first kappa shape index (κ1) is 13.5. The number of aliphatic hydroxyl groups is 2. The van der Waals surface area contributed by atoms with Gasteiger partial charge < -0.3 is 20.4 Å². The van der Waals surface area contributed by atoms with Crippen molar-refractivity contribution in [3.63, 3.8) is 0 Å². The van der Waals surface area contributed by atoms with E-state index in [-0.39, 0.29) is 25.6 Å². The summed E-state index contributed by atoms with van der Waals surface area (Å²) in [6.07, 6.45) is 0.125. The van der Waals surface area contributed by atoms with Crippen molar-refractivity contribution in [3.05, 3.63) is 21.9 Å². The molecule has 0 spiro atoms. The Kier molecular flexibility index (Phi) is 4.71. The summed E-state index contributed by atoms with van der Waals surface area (Å²) < 4.78 is 0. The van der Waals surface area contributed by atoms with Crippen LogP contribution in [0.5, 0.6) is 0 Å². The Labute approximate surface area is 110 Å². The number of nitrogens with one attached hydrogen (secondary N) is 1. The topological polar surface area (TPSA) is 72.8 Å². The first-order valence-electron chi connectivity index (χ1n) is 6.03. The van der Waals surface area contributed by atoms with Crippen LogP contribution >= 0.6 is 11.3 Å². The molecule has 0 aromatic carbocycles. The summed E-state index contributed by atoms with van der Waals surface area (Å²) in [6.45, 7) is 1.60. The number of nitrogens with zero attached hydrogens (tertiary/aromatic N) is 1.